The topological polar surface area (TPSA) is 59.0 Å². The number of hydrogen-bond donors (Lipinski definition) is 1. The van der Waals surface area contributed by atoms with E-state index in [0.717, 1.165) is 32.3 Å². The van der Waals surface area contributed by atoms with Gasteiger partial charge < -0.3 is 10.5 Å². The Hall–Kier alpha value is -0.590. The van der Waals surface area contributed by atoms with E-state index in [1.807, 2.05) is 0 Å². The lowest BCUT2D eigenvalue weighted by atomic mass is 10.1. The SMILES string of the molecule is N#CCCCCOC1CCCCCC1N. The standard InChI is InChI=1S/C12H22N2O/c13-9-5-2-6-10-15-12-8-4-1-3-7-11(12)14/h11-12H,1-8,10,14H2. The molecule has 0 aromatic rings. The van der Waals surface area contributed by atoms with Crippen LogP contribution in [0.15, 0.2) is 0 Å². The summed E-state index contributed by atoms with van der Waals surface area (Å²) in [7, 11) is 0. The highest BCUT2D eigenvalue weighted by molar-refractivity contribution is 4.77. The Balaban J connectivity index is 2.10. The zero-order valence-corrected chi connectivity index (χ0v) is 9.45. The van der Waals surface area contributed by atoms with E-state index in [4.69, 9.17) is 15.7 Å². The largest absolute Gasteiger partial charge is 0.377 e. The van der Waals surface area contributed by atoms with Crippen molar-refractivity contribution in [2.45, 2.75) is 63.5 Å². The Kier molecular flexibility index (Phi) is 6.38. The van der Waals surface area contributed by atoms with Crippen molar-refractivity contribution in [3.05, 3.63) is 0 Å². The van der Waals surface area contributed by atoms with Gasteiger partial charge in [0.05, 0.1) is 12.2 Å². The molecule has 2 atom stereocenters. The van der Waals surface area contributed by atoms with E-state index in [0.29, 0.717) is 6.42 Å². The summed E-state index contributed by atoms with van der Waals surface area (Å²) in [6, 6.07) is 2.37. The Bertz CT molecular complexity index is 200. The number of ether oxygens (including phenoxy) is 1. The molecule has 0 heterocycles. The molecule has 2 unspecified atom stereocenters. The van der Waals surface area contributed by atoms with Crippen molar-refractivity contribution in [2.24, 2.45) is 5.73 Å². The molecule has 15 heavy (non-hydrogen) atoms. The Morgan fingerprint density at radius 3 is 2.80 bits per heavy atom. The Morgan fingerprint density at radius 2 is 2.00 bits per heavy atom. The molecule has 1 rings (SSSR count). The molecule has 2 N–H and O–H groups in total. The molecule has 0 aromatic heterocycles. The van der Waals surface area contributed by atoms with Gasteiger partial charge in [0.2, 0.25) is 0 Å². The molecule has 1 fully saturated rings. The van der Waals surface area contributed by atoms with Crippen LogP contribution in [0.1, 0.15) is 51.4 Å². The summed E-state index contributed by atoms with van der Waals surface area (Å²) < 4.78 is 5.79. The summed E-state index contributed by atoms with van der Waals surface area (Å²) in [4.78, 5) is 0. The minimum atomic E-state index is 0.225. The molecule has 0 spiro atoms. The van der Waals surface area contributed by atoms with Gasteiger partial charge in [-0.1, -0.05) is 19.3 Å². The predicted octanol–water partition coefficient (Wildman–Crippen LogP) is 2.36. The average molecular weight is 210 g/mol. The van der Waals surface area contributed by atoms with Gasteiger partial charge in [-0.15, -0.1) is 0 Å². The van der Waals surface area contributed by atoms with Gasteiger partial charge in [-0.05, 0) is 25.7 Å². The van der Waals surface area contributed by atoms with E-state index in [9.17, 15) is 0 Å². The van der Waals surface area contributed by atoms with Crippen LogP contribution in [0, 0.1) is 11.3 Å². The van der Waals surface area contributed by atoms with E-state index in [2.05, 4.69) is 6.07 Å². The maximum Gasteiger partial charge on any atom is 0.0725 e. The lowest BCUT2D eigenvalue weighted by Gasteiger charge is -2.21. The minimum Gasteiger partial charge on any atom is -0.377 e. The summed E-state index contributed by atoms with van der Waals surface area (Å²) in [6.45, 7) is 0.764. The second-order valence-corrected chi connectivity index (χ2v) is 4.33. The predicted molar refractivity (Wildman–Crippen MR) is 60.3 cm³/mol. The summed E-state index contributed by atoms with van der Waals surface area (Å²) in [5, 5.41) is 8.38. The number of hydrogen-bond acceptors (Lipinski definition) is 3. The molecule has 0 bridgehead atoms. The number of nitrogens with zero attached hydrogens (tertiary/aromatic N) is 1. The van der Waals surface area contributed by atoms with E-state index in [1.54, 1.807) is 0 Å². The Labute approximate surface area is 92.6 Å². The fraction of sp³-hybridized carbons (Fsp3) is 0.917. The third kappa shape index (κ3) is 5.15. The number of nitrogens with two attached hydrogens (primary N) is 1. The molecule has 0 aromatic carbocycles. The first-order chi connectivity index (χ1) is 7.34. The first-order valence-electron chi connectivity index (χ1n) is 6.08. The average Bonchev–Trinajstić information content (AvgIpc) is 2.44. The van der Waals surface area contributed by atoms with Gasteiger partial charge >= 0.3 is 0 Å². The van der Waals surface area contributed by atoms with Crippen molar-refractivity contribution in [3.63, 3.8) is 0 Å². The molecule has 0 aliphatic heterocycles. The lowest BCUT2D eigenvalue weighted by molar-refractivity contribution is 0.0294. The fourth-order valence-electron chi connectivity index (χ4n) is 2.05. The van der Waals surface area contributed by atoms with Gasteiger partial charge in [0.25, 0.3) is 0 Å². The molecule has 0 radical (unpaired) electrons. The highest BCUT2D eigenvalue weighted by Crippen LogP contribution is 2.19. The van der Waals surface area contributed by atoms with Crippen LogP contribution >= 0.6 is 0 Å². The summed E-state index contributed by atoms with van der Waals surface area (Å²) in [5.41, 5.74) is 6.04. The van der Waals surface area contributed by atoms with Crippen molar-refractivity contribution >= 4 is 0 Å². The fourth-order valence-corrected chi connectivity index (χ4v) is 2.05. The molecule has 3 nitrogen and oxygen atoms in total. The molecule has 0 amide bonds. The normalized spacial score (nSPS) is 26.9. The summed E-state index contributed by atoms with van der Waals surface area (Å²) in [5.74, 6) is 0. The maximum absolute atomic E-state index is 8.38. The first kappa shape index (κ1) is 12.5. The molecule has 0 saturated heterocycles. The van der Waals surface area contributed by atoms with Crippen LogP contribution in [0.3, 0.4) is 0 Å². The molecular weight excluding hydrogens is 188 g/mol. The van der Waals surface area contributed by atoms with Crippen LogP contribution in [0.25, 0.3) is 0 Å². The highest BCUT2D eigenvalue weighted by atomic mass is 16.5. The van der Waals surface area contributed by atoms with Crippen molar-refractivity contribution in [1.82, 2.24) is 0 Å². The van der Waals surface area contributed by atoms with Crippen molar-refractivity contribution in [1.29, 1.82) is 5.26 Å². The number of nitriles is 1. The Morgan fingerprint density at radius 1 is 1.20 bits per heavy atom. The van der Waals surface area contributed by atoms with E-state index >= 15 is 0 Å². The zero-order valence-electron chi connectivity index (χ0n) is 9.45. The van der Waals surface area contributed by atoms with Gasteiger partial charge in [-0.3, -0.25) is 0 Å². The summed E-state index contributed by atoms with van der Waals surface area (Å²) in [6.07, 6.45) is 8.82. The molecule has 3 heteroatoms. The second-order valence-electron chi connectivity index (χ2n) is 4.33. The molecule has 86 valence electrons. The second kappa shape index (κ2) is 7.67. The van der Waals surface area contributed by atoms with E-state index < -0.39 is 0 Å². The number of rotatable bonds is 5. The maximum atomic E-state index is 8.38. The van der Waals surface area contributed by atoms with Crippen molar-refractivity contribution in [3.8, 4) is 6.07 Å². The minimum absolute atomic E-state index is 0.225. The van der Waals surface area contributed by atoms with Crippen LogP contribution in [0.2, 0.25) is 0 Å². The molecule has 1 aliphatic carbocycles. The smallest absolute Gasteiger partial charge is 0.0725 e. The van der Waals surface area contributed by atoms with Gasteiger partial charge in [-0.25, -0.2) is 0 Å². The zero-order chi connectivity index (χ0) is 10.9. The van der Waals surface area contributed by atoms with Gasteiger partial charge in [-0.2, -0.15) is 5.26 Å². The van der Waals surface area contributed by atoms with Crippen molar-refractivity contribution in [2.75, 3.05) is 6.61 Å². The monoisotopic (exact) mass is 210 g/mol. The highest BCUT2D eigenvalue weighted by Gasteiger charge is 2.20. The first-order valence-corrected chi connectivity index (χ1v) is 6.08. The van der Waals surface area contributed by atoms with E-state index in [-0.39, 0.29) is 12.1 Å². The third-order valence-corrected chi connectivity index (χ3v) is 3.02. The van der Waals surface area contributed by atoms with Gasteiger partial charge in [0.15, 0.2) is 0 Å². The van der Waals surface area contributed by atoms with Gasteiger partial charge in [0, 0.05) is 19.1 Å². The van der Waals surface area contributed by atoms with Crippen LogP contribution in [0.4, 0.5) is 0 Å². The van der Waals surface area contributed by atoms with Crippen LogP contribution < -0.4 is 5.73 Å². The molecule has 1 aliphatic rings. The van der Waals surface area contributed by atoms with Crippen LogP contribution in [0.5, 0.6) is 0 Å². The van der Waals surface area contributed by atoms with Gasteiger partial charge in [0.1, 0.15) is 0 Å². The number of unbranched alkanes of at least 4 members (excludes halogenated alkanes) is 2. The van der Waals surface area contributed by atoms with Crippen LogP contribution in [-0.2, 0) is 4.74 Å². The quantitative estimate of drug-likeness (QED) is 0.559. The molecular formula is C12H22N2O. The van der Waals surface area contributed by atoms with Crippen LogP contribution in [-0.4, -0.2) is 18.8 Å². The summed E-state index contributed by atoms with van der Waals surface area (Å²) >= 11 is 0. The van der Waals surface area contributed by atoms with Crippen molar-refractivity contribution < 1.29 is 4.74 Å². The lowest BCUT2D eigenvalue weighted by Crippen LogP contribution is -2.35. The molecule has 1 saturated carbocycles. The third-order valence-electron chi connectivity index (χ3n) is 3.02. The van der Waals surface area contributed by atoms with E-state index in [1.165, 1.54) is 19.3 Å².